The Kier molecular flexibility index (Phi) is 3.40. The Hall–Kier alpha value is -2.70. The highest BCUT2D eigenvalue weighted by molar-refractivity contribution is 5.76. The molecule has 1 aromatic carbocycles. The summed E-state index contributed by atoms with van der Waals surface area (Å²) < 4.78 is 5.74. The van der Waals surface area contributed by atoms with Crippen LogP contribution in [0.5, 0.6) is 5.88 Å². The lowest BCUT2D eigenvalue weighted by atomic mass is 10.2. The van der Waals surface area contributed by atoms with Crippen molar-refractivity contribution < 1.29 is 4.74 Å². The number of hydrogen-bond acceptors (Lipinski definition) is 6. The molecule has 0 bridgehead atoms. The van der Waals surface area contributed by atoms with Gasteiger partial charge in [-0.05, 0) is 12.5 Å². The highest BCUT2D eigenvalue weighted by Gasteiger charge is 2.12. The van der Waals surface area contributed by atoms with Gasteiger partial charge in [-0.1, -0.05) is 30.3 Å². The highest BCUT2D eigenvalue weighted by atomic mass is 16.5. The Labute approximate surface area is 115 Å². The van der Waals surface area contributed by atoms with Crippen LogP contribution >= 0.6 is 0 Å². The van der Waals surface area contributed by atoms with E-state index >= 15 is 0 Å². The third-order valence-electron chi connectivity index (χ3n) is 2.70. The molecule has 7 nitrogen and oxygen atoms in total. The Morgan fingerprint density at radius 3 is 2.80 bits per heavy atom. The van der Waals surface area contributed by atoms with Crippen LogP contribution in [0.1, 0.15) is 12.5 Å². The zero-order valence-corrected chi connectivity index (χ0v) is 11.0. The van der Waals surface area contributed by atoms with Crippen LogP contribution in [0.25, 0.3) is 11.2 Å². The van der Waals surface area contributed by atoms with Crippen molar-refractivity contribution in [2.45, 2.75) is 13.5 Å². The molecule has 0 aliphatic heterocycles. The van der Waals surface area contributed by atoms with Gasteiger partial charge in [0.1, 0.15) is 6.61 Å². The van der Waals surface area contributed by atoms with Gasteiger partial charge in [-0.2, -0.15) is 15.2 Å². The van der Waals surface area contributed by atoms with E-state index in [2.05, 4.69) is 30.7 Å². The largest absolute Gasteiger partial charge is 0.471 e. The first kappa shape index (κ1) is 12.3. The lowest BCUT2D eigenvalue weighted by Gasteiger charge is -2.07. The minimum absolute atomic E-state index is 0.420. The third kappa shape index (κ3) is 2.51. The van der Waals surface area contributed by atoms with Gasteiger partial charge in [-0.3, -0.25) is 0 Å². The van der Waals surface area contributed by atoms with E-state index in [0.717, 1.165) is 12.1 Å². The van der Waals surface area contributed by atoms with Crippen LogP contribution in [-0.4, -0.2) is 31.9 Å². The Balaban J connectivity index is 1.87. The van der Waals surface area contributed by atoms with Crippen molar-refractivity contribution in [2.24, 2.45) is 0 Å². The lowest BCUT2D eigenvalue weighted by molar-refractivity contribution is 0.297. The fraction of sp³-hybridized carbons (Fsp3) is 0.231. The molecule has 7 heteroatoms. The molecule has 102 valence electrons. The third-order valence-corrected chi connectivity index (χ3v) is 2.70. The van der Waals surface area contributed by atoms with Gasteiger partial charge in [-0.15, -0.1) is 10.2 Å². The average molecular weight is 270 g/mol. The lowest BCUT2D eigenvalue weighted by Crippen LogP contribution is -2.05. The number of benzene rings is 1. The van der Waals surface area contributed by atoms with Crippen LogP contribution in [0.2, 0.25) is 0 Å². The maximum absolute atomic E-state index is 5.74. The van der Waals surface area contributed by atoms with Crippen LogP contribution in [0, 0.1) is 0 Å². The molecule has 0 spiro atoms. The standard InChI is InChI=1S/C13H14N6O/c1-2-14-13-15-11-10(17-19-18-11)12(16-13)20-8-9-6-4-3-5-7-9/h3-7H,2,8H2,1H3,(H2,14,15,16,17,18,19). The normalized spacial score (nSPS) is 10.7. The number of nitrogens with one attached hydrogen (secondary N) is 2. The predicted molar refractivity (Wildman–Crippen MR) is 74.4 cm³/mol. The summed E-state index contributed by atoms with van der Waals surface area (Å²) in [4.78, 5) is 8.54. The highest BCUT2D eigenvalue weighted by Crippen LogP contribution is 2.21. The van der Waals surface area contributed by atoms with Gasteiger partial charge in [-0.25, -0.2) is 0 Å². The van der Waals surface area contributed by atoms with Crippen LogP contribution in [-0.2, 0) is 6.61 Å². The molecule has 0 unspecified atom stereocenters. The van der Waals surface area contributed by atoms with E-state index in [1.807, 2.05) is 37.3 Å². The minimum Gasteiger partial charge on any atom is -0.471 e. The van der Waals surface area contributed by atoms with Gasteiger partial charge in [0.15, 0.2) is 5.52 Å². The molecule has 3 aromatic rings. The average Bonchev–Trinajstić information content (AvgIpc) is 2.95. The van der Waals surface area contributed by atoms with Crippen LogP contribution in [0.4, 0.5) is 5.95 Å². The molecule has 0 amide bonds. The molecule has 0 aliphatic rings. The molecule has 0 atom stereocenters. The molecular formula is C13H14N6O. The number of ether oxygens (including phenoxy) is 1. The van der Waals surface area contributed by atoms with Gasteiger partial charge in [0.2, 0.25) is 17.5 Å². The van der Waals surface area contributed by atoms with Crippen LogP contribution < -0.4 is 10.1 Å². The van der Waals surface area contributed by atoms with Crippen molar-refractivity contribution in [1.82, 2.24) is 25.4 Å². The molecule has 0 saturated heterocycles. The SMILES string of the molecule is CCNc1nc(OCc2ccccc2)c2n[nH]nc2n1. The first-order valence-electron chi connectivity index (χ1n) is 6.36. The molecule has 0 aliphatic carbocycles. The van der Waals surface area contributed by atoms with Crippen molar-refractivity contribution in [3.63, 3.8) is 0 Å². The molecule has 2 N–H and O–H groups in total. The number of hydrogen-bond donors (Lipinski definition) is 2. The monoisotopic (exact) mass is 270 g/mol. The second-order valence-corrected chi connectivity index (χ2v) is 4.15. The van der Waals surface area contributed by atoms with Crippen molar-refractivity contribution in [1.29, 1.82) is 0 Å². The first-order chi connectivity index (χ1) is 9.86. The van der Waals surface area contributed by atoms with Gasteiger partial charge >= 0.3 is 0 Å². The van der Waals surface area contributed by atoms with E-state index in [9.17, 15) is 0 Å². The maximum Gasteiger partial charge on any atom is 0.249 e. The Morgan fingerprint density at radius 2 is 2.00 bits per heavy atom. The minimum atomic E-state index is 0.420. The molecular weight excluding hydrogens is 256 g/mol. The molecule has 0 saturated carbocycles. The fourth-order valence-electron chi connectivity index (χ4n) is 1.78. The number of anilines is 1. The summed E-state index contributed by atoms with van der Waals surface area (Å²) in [6.07, 6.45) is 0. The summed E-state index contributed by atoms with van der Waals surface area (Å²) >= 11 is 0. The smallest absolute Gasteiger partial charge is 0.249 e. The van der Waals surface area contributed by atoms with Crippen molar-refractivity contribution in [3.05, 3.63) is 35.9 Å². The Bertz CT molecular complexity index is 696. The second-order valence-electron chi connectivity index (χ2n) is 4.15. The number of aromatic nitrogens is 5. The van der Waals surface area contributed by atoms with Crippen LogP contribution in [0.15, 0.2) is 30.3 Å². The first-order valence-corrected chi connectivity index (χ1v) is 6.36. The van der Waals surface area contributed by atoms with Crippen molar-refractivity contribution >= 4 is 17.1 Å². The molecule has 2 aromatic heterocycles. The summed E-state index contributed by atoms with van der Waals surface area (Å²) in [6.45, 7) is 3.12. The van der Waals surface area contributed by atoms with Crippen LogP contribution in [0.3, 0.4) is 0 Å². The molecule has 0 fully saturated rings. The van der Waals surface area contributed by atoms with E-state index in [1.54, 1.807) is 0 Å². The molecule has 3 rings (SSSR count). The summed E-state index contributed by atoms with van der Waals surface area (Å²) in [6, 6.07) is 9.88. The molecule has 0 radical (unpaired) electrons. The van der Waals surface area contributed by atoms with Gasteiger partial charge in [0.25, 0.3) is 0 Å². The van der Waals surface area contributed by atoms with Gasteiger partial charge in [0.05, 0.1) is 0 Å². The van der Waals surface area contributed by atoms with Gasteiger partial charge in [0, 0.05) is 6.54 Å². The quantitative estimate of drug-likeness (QED) is 0.734. The number of aromatic amines is 1. The zero-order valence-electron chi connectivity index (χ0n) is 11.0. The van der Waals surface area contributed by atoms with E-state index < -0.39 is 0 Å². The Morgan fingerprint density at radius 1 is 1.15 bits per heavy atom. The number of nitrogens with zero attached hydrogens (tertiary/aromatic N) is 4. The van der Waals surface area contributed by atoms with Crippen molar-refractivity contribution in [2.75, 3.05) is 11.9 Å². The predicted octanol–water partition coefficient (Wildman–Crippen LogP) is 1.76. The van der Waals surface area contributed by atoms with Gasteiger partial charge < -0.3 is 10.1 Å². The second kappa shape index (κ2) is 5.52. The fourth-order valence-corrected chi connectivity index (χ4v) is 1.78. The molecule has 2 heterocycles. The topological polar surface area (TPSA) is 88.6 Å². The van der Waals surface area contributed by atoms with E-state index in [1.165, 1.54) is 0 Å². The van der Waals surface area contributed by atoms with Crippen molar-refractivity contribution in [3.8, 4) is 5.88 Å². The molecule has 20 heavy (non-hydrogen) atoms. The van der Waals surface area contributed by atoms with E-state index in [-0.39, 0.29) is 0 Å². The summed E-state index contributed by atoms with van der Waals surface area (Å²) in [5, 5.41) is 13.6. The van der Waals surface area contributed by atoms with E-state index in [4.69, 9.17) is 4.74 Å². The number of fused-ring (bicyclic) bond motifs is 1. The van der Waals surface area contributed by atoms with E-state index in [0.29, 0.717) is 29.6 Å². The summed E-state index contributed by atoms with van der Waals surface area (Å²) in [5.74, 6) is 0.903. The summed E-state index contributed by atoms with van der Waals surface area (Å²) in [7, 11) is 0. The number of rotatable bonds is 5. The number of H-pyrrole nitrogens is 1. The summed E-state index contributed by atoms with van der Waals surface area (Å²) in [5.41, 5.74) is 2.08. The zero-order chi connectivity index (χ0) is 13.8. The maximum atomic E-state index is 5.74.